The number of alkyl halides is 2. The normalized spacial score (nSPS) is 18.7. The quantitative estimate of drug-likeness (QED) is 0.388. The minimum atomic E-state index is -0.359. The van der Waals surface area contributed by atoms with E-state index in [9.17, 15) is 4.79 Å². The average Bonchev–Trinajstić information content (AvgIpc) is 2.94. The fourth-order valence-electron chi connectivity index (χ4n) is 5.04. The zero-order chi connectivity index (χ0) is 25.5. The highest BCUT2D eigenvalue weighted by molar-refractivity contribution is 6.22. The lowest BCUT2D eigenvalue weighted by Crippen LogP contribution is -2.54. The lowest BCUT2D eigenvalue weighted by atomic mass is 9.95. The van der Waals surface area contributed by atoms with Gasteiger partial charge in [-0.3, -0.25) is 14.6 Å². The number of Topliss-reactive ketones (excluding diaryl/α,β-unsaturated/α-hetero) is 1. The lowest BCUT2D eigenvalue weighted by molar-refractivity contribution is -0.128. The Morgan fingerprint density at radius 1 is 0.806 bits per heavy atom. The maximum absolute atomic E-state index is 13.6. The van der Waals surface area contributed by atoms with E-state index in [1.807, 2.05) is 24.3 Å². The molecule has 2 aliphatic rings. The van der Waals surface area contributed by atoms with E-state index in [1.54, 1.807) is 14.2 Å². The van der Waals surface area contributed by atoms with Crippen LogP contribution in [0.25, 0.3) is 11.1 Å². The fraction of sp³-hybridized carbons (Fsp3) is 0.414. The van der Waals surface area contributed by atoms with Gasteiger partial charge in [-0.2, -0.15) is 0 Å². The summed E-state index contributed by atoms with van der Waals surface area (Å²) in [5.74, 6) is 2.32. The Hall–Kier alpha value is -2.31. The van der Waals surface area contributed by atoms with Crippen LogP contribution in [0.3, 0.4) is 0 Å². The van der Waals surface area contributed by atoms with Gasteiger partial charge in [0, 0.05) is 37.9 Å². The molecule has 2 unspecified atom stereocenters. The Morgan fingerprint density at radius 2 is 1.25 bits per heavy atom. The number of hydrogen-bond donors (Lipinski definition) is 0. The summed E-state index contributed by atoms with van der Waals surface area (Å²) < 4.78 is 10.7. The van der Waals surface area contributed by atoms with E-state index in [0.29, 0.717) is 13.1 Å². The summed E-state index contributed by atoms with van der Waals surface area (Å²) >= 11 is 12.8. The number of halogens is 2. The molecule has 2 aromatic carbocycles. The van der Waals surface area contributed by atoms with Gasteiger partial charge in [-0.25, -0.2) is 0 Å². The Bertz CT molecular complexity index is 1030. The molecular formula is C29H34Cl2N2O3. The summed E-state index contributed by atoms with van der Waals surface area (Å²) in [7, 11) is 3.36. The predicted molar refractivity (Wildman–Crippen MR) is 148 cm³/mol. The Morgan fingerprint density at radius 3 is 1.58 bits per heavy atom. The molecule has 0 saturated heterocycles. The minimum Gasteiger partial charge on any atom is -0.497 e. The molecule has 7 heteroatoms. The fourth-order valence-corrected chi connectivity index (χ4v) is 5.73. The predicted octanol–water partition coefficient (Wildman–Crippen LogP) is 5.37. The molecule has 0 amide bonds. The van der Waals surface area contributed by atoms with Gasteiger partial charge in [0.25, 0.3) is 0 Å². The first-order valence-electron chi connectivity index (χ1n) is 12.4. The first-order valence-corrected chi connectivity index (χ1v) is 13.5. The average molecular weight is 530 g/mol. The third kappa shape index (κ3) is 6.15. The highest BCUT2D eigenvalue weighted by atomic mass is 35.5. The Kier molecular flexibility index (Phi) is 9.49. The van der Waals surface area contributed by atoms with Crippen LogP contribution in [0.15, 0.2) is 60.7 Å². The van der Waals surface area contributed by atoms with E-state index in [0.717, 1.165) is 48.6 Å². The molecule has 4 rings (SSSR count). The van der Waals surface area contributed by atoms with Crippen LogP contribution in [0.2, 0.25) is 0 Å². The largest absolute Gasteiger partial charge is 0.497 e. The summed E-state index contributed by atoms with van der Waals surface area (Å²) in [6.45, 7) is 2.93. The monoisotopic (exact) mass is 528 g/mol. The third-order valence-electron chi connectivity index (χ3n) is 7.19. The standard InChI is InChI=1S/C29H34Cl2N2O3/c1-35-25-7-3-5-23(17-25)21-9-13-32(14-10-21)27(19-30)29(34)28(20-31)33-15-11-22(12-16-33)24-6-4-8-26(18-24)36-2/h3-9,11,17-18,27-28H,10,12-16,19-20H2,1-2H3. The van der Waals surface area contributed by atoms with E-state index < -0.39 is 0 Å². The van der Waals surface area contributed by atoms with Crippen molar-refractivity contribution in [2.24, 2.45) is 0 Å². The number of nitrogens with zero attached hydrogens (tertiary/aromatic N) is 2. The number of rotatable bonds is 10. The number of carbonyl (C=O) groups excluding carboxylic acids is 1. The second-order valence-corrected chi connectivity index (χ2v) is 9.77. The molecule has 192 valence electrons. The zero-order valence-corrected chi connectivity index (χ0v) is 22.5. The molecule has 0 aliphatic carbocycles. The summed E-state index contributed by atoms with van der Waals surface area (Å²) in [5.41, 5.74) is 4.86. The topological polar surface area (TPSA) is 42.0 Å². The molecular weight excluding hydrogens is 495 g/mol. The van der Waals surface area contributed by atoms with Crippen molar-refractivity contribution in [3.63, 3.8) is 0 Å². The van der Waals surface area contributed by atoms with Gasteiger partial charge < -0.3 is 9.47 Å². The van der Waals surface area contributed by atoms with Crippen molar-refractivity contribution in [2.75, 3.05) is 52.2 Å². The third-order valence-corrected chi connectivity index (χ3v) is 7.78. The molecule has 36 heavy (non-hydrogen) atoms. The van der Waals surface area contributed by atoms with Crippen molar-refractivity contribution in [1.82, 2.24) is 9.80 Å². The van der Waals surface area contributed by atoms with Crippen LogP contribution in [0.1, 0.15) is 24.0 Å². The van der Waals surface area contributed by atoms with Gasteiger partial charge >= 0.3 is 0 Å². The molecule has 0 radical (unpaired) electrons. The molecule has 0 spiro atoms. The van der Waals surface area contributed by atoms with Gasteiger partial charge in [-0.1, -0.05) is 36.4 Å². The molecule has 0 fully saturated rings. The second-order valence-electron chi connectivity index (χ2n) is 9.16. The van der Waals surface area contributed by atoms with Gasteiger partial charge in [0.15, 0.2) is 5.78 Å². The van der Waals surface area contributed by atoms with Crippen LogP contribution in [0, 0.1) is 0 Å². The number of ketones is 1. The van der Waals surface area contributed by atoms with E-state index in [2.05, 4.69) is 46.2 Å². The van der Waals surface area contributed by atoms with Gasteiger partial charge in [0.05, 0.1) is 26.3 Å². The van der Waals surface area contributed by atoms with Crippen LogP contribution in [-0.4, -0.2) is 79.8 Å². The molecule has 0 saturated carbocycles. The van der Waals surface area contributed by atoms with Crippen molar-refractivity contribution in [3.8, 4) is 11.5 Å². The molecule has 2 heterocycles. The minimum absolute atomic E-state index is 0.108. The lowest BCUT2D eigenvalue weighted by Gasteiger charge is -2.37. The highest BCUT2D eigenvalue weighted by Crippen LogP contribution is 2.29. The van der Waals surface area contributed by atoms with Gasteiger partial charge in [-0.05, 0) is 59.4 Å². The first kappa shape index (κ1) is 26.7. The van der Waals surface area contributed by atoms with Crippen LogP contribution in [0.4, 0.5) is 0 Å². The number of ether oxygens (including phenoxy) is 2. The van der Waals surface area contributed by atoms with Gasteiger partial charge in [0.1, 0.15) is 11.5 Å². The summed E-state index contributed by atoms with van der Waals surface area (Å²) in [4.78, 5) is 18.0. The highest BCUT2D eigenvalue weighted by Gasteiger charge is 2.35. The van der Waals surface area contributed by atoms with Gasteiger partial charge in [-0.15, -0.1) is 23.2 Å². The molecule has 0 bridgehead atoms. The maximum Gasteiger partial charge on any atom is 0.169 e. The number of carbonyl (C=O) groups is 1. The van der Waals surface area contributed by atoms with Crippen molar-refractivity contribution in [3.05, 3.63) is 71.8 Å². The second kappa shape index (κ2) is 12.8. The van der Waals surface area contributed by atoms with E-state index in [-0.39, 0.29) is 29.6 Å². The van der Waals surface area contributed by atoms with Crippen molar-refractivity contribution in [1.29, 1.82) is 0 Å². The van der Waals surface area contributed by atoms with E-state index in [4.69, 9.17) is 32.7 Å². The van der Waals surface area contributed by atoms with Crippen LogP contribution >= 0.6 is 23.2 Å². The van der Waals surface area contributed by atoms with Gasteiger partial charge in [0.2, 0.25) is 0 Å². The maximum atomic E-state index is 13.6. The first-order chi connectivity index (χ1) is 17.6. The molecule has 5 nitrogen and oxygen atoms in total. The Balaban J connectivity index is 1.41. The van der Waals surface area contributed by atoms with Crippen LogP contribution in [0.5, 0.6) is 11.5 Å². The molecule has 2 aromatic rings. The smallest absolute Gasteiger partial charge is 0.169 e. The molecule has 0 N–H and O–H groups in total. The Labute approximate surface area is 224 Å². The molecule has 2 atom stereocenters. The van der Waals surface area contributed by atoms with Crippen molar-refractivity contribution >= 4 is 40.1 Å². The van der Waals surface area contributed by atoms with Crippen molar-refractivity contribution in [2.45, 2.75) is 24.9 Å². The molecule has 0 aromatic heterocycles. The number of hydrogen-bond acceptors (Lipinski definition) is 5. The van der Waals surface area contributed by atoms with Crippen LogP contribution in [-0.2, 0) is 4.79 Å². The summed E-state index contributed by atoms with van der Waals surface area (Å²) in [6.07, 6.45) is 6.11. The SMILES string of the molecule is COc1cccc(C2=CCN(C(CCl)C(=O)C(CCl)N3CC=C(c4cccc(OC)c4)CC3)CC2)c1. The number of methoxy groups -OCH3 is 2. The summed E-state index contributed by atoms with van der Waals surface area (Å²) in [5, 5.41) is 0. The van der Waals surface area contributed by atoms with Crippen LogP contribution < -0.4 is 9.47 Å². The number of benzene rings is 2. The van der Waals surface area contributed by atoms with Crippen molar-refractivity contribution < 1.29 is 14.3 Å². The summed E-state index contributed by atoms with van der Waals surface area (Å²) in [6, 6.07) is 15.5. The molecule has 2 aliphatic heterocycles. The zero-order valence-electron chi connectivity index (χ0n) is 21.0. The van der Waals surface area contributed by atoms with E-state index in [1.165, 1.54) is 11.1 Å². The van der Waals surface area contributed by atoms with E-state index >= 15 is 0 Å².